The number of rotatable bonds is 5. The van der Waals surface area contributed by atoms with Crippen molar-refractivity contribution < 1.29 is 10.2 Å². The molecule has 1 atom stereocenters. The molecule has 2 aromatic rings. The Balaban J connectivity index is 2.09. The fourth-order valence-corrected chi connectivity index (χ4v) is 2.37. The molecule has 0 amide bonds. The Morgan fingerprint density at radius 2 is 2.17 bits per heavy atom. The number of hydrogen-bond acceptors (Lipinski definition) is 5. The highest BCUT2D eigenvalue weighted by Crippen LogP contribution is 2.30. The van der Waals surface area contributed by atoms with Crippen LogP contribution in [0, 0.1) is 0 Å². The zero-order chi connectivity index (χ0) is 13.0. The van der Waals surface area contributed by atoms with E-state index < -0.39 is 6.10 Å². The van der Waals surface area contributed by atoms with Gasteiger partial charge in [-0.2, -0.15) is 0 Å². The van der Waals surface area contributed by atoms with Crippen molar-refractivity contribution >= 4 is 28.1 Å². The van der Waals surface area contributed by atoms with Crippen molar-refractivity contribution in [2.45, 2.75) is 6.10 Å². The number of benzene rings is 1. The van der Waals surface area contributed by atoms with Gasteiger partial charge in [0.15, 0.2) is 5.13 Å². The van der Waals surface area contributed by atoms with E-state index in [1.165, 1.54) is 11.3 Å². The molecule has 18 heavy (non-hydrogen) atoms. The van der Waals surface area contributed by atoms with Gasteiger partial charge in [-0.3, -0.25) is 0 Å². The fourth-order valence-electron chi connectivity index (χ4n) is 1.42. The van der Waals surface area contributed by atoms with Crippen LogP contribution in [0.25, 0.3) is 11.3 Å². The second-order valence-corrected chi connectivity index (χ2v) is 5.00. The number of halogens is 1. The van der Waals surface area contributed by atoms with Crippen LogP contribution in [0.3, 0.4) is 0 Å². The van der Waals surface area contributed by atoms with Crippen molar-refractivity contribution in [2.24, 2.45) is 0 Å². The fraction of sp³-hybridized carbons (Fsp3) is 0.250. The molecule has 0 radical (unpaired) electrons. The Bertz CT molecular complexity index is 518. The number of nitrogens with one attached hydrogen (secondary N) is 1. The van der Waals surface area contributed by atoms with E-state index in [4.69, 9.17) is 16.7 Å². The van der Waals surface area contributed by atoms with E-state index >= 15 is 0 Å². The molecule has 0 aliphatic heterocycles. The third-order valence-corrected chi connectivity index (χ3v) is 3.48. The van der Waals surface area contributed by atoms with Gasteiger partial charge in [0.05, 0.1) is 18.4 Å². The van der Waals surface area contributed by atoms with E-state index in [0.717, 1.165) is 11.3 Å². The molecule has 0 saturated heterocycles. The molecule has 0 saturated carbocycles. The molecule has 0 aliphatic rings. The minimum atomic E-state index is -0.780. The Kier molecular flexibility index (Phi) is 4.54. The maximum atomic E-state index is 9.23. The summed E-state index contributed by atoms with van der Waals surface area (Å²) in [4.78, 5) is 4.38. The van der Waals surface area contributed by atoms with Crippen LogP contribution in [0.2, 0.25) is 5.02 Å². The summed E-state index contributed by atoms with van der Waals surface area (Å²) in [7, 11) is 0. The van der Waals surface area contributed by atoms with Crippen LogP contribution >= 0.6 is 22.9 Å². The first-order valence-electron chi connectivity index (χ1n) is 5.44. The zero-order valence-electron chi connectivity index (χ0n) is 9.51. The summed E-state index contributed by atoms with van der Waals surface area (Å²) < 4.78 is 0. The van der Waals surface area contributed by atoms with E-state index in [1.807, 2.05) is 29.6 Å². The minimum absolute atomic E-state index is 0.268. The van der Waals surface area contributed by atoms with Gasteiger partial charge in [-0.25, -0.2) is 4.98 Å². The summed E-state index contributed by atoms with van der Waals surface area (Å²) in [6.45, 7) is 0.00171. The highest BCUT2D eigenvalue weighted by atomic mass is 35.5. The SMILES string of the molecule is OCC(O)CNc1nc(-c2ccccc2Cl)cs1. The molecule has 6 heteroatoms. The third kappa shape index (κ3) is 3.20. The van der Waals surface area contributed by atoms with Gasteiger partial charge in [-0.1, -0.05) is 29.8 Å². The van der Waals surface area contributed by atoms with Crippen LogP contribution in [-0.2, 0) is 0 Å². The van der Waals surface area contributed by atoms with Gasteiger partial charge >= 0.3 is 0 Å². The van der Waals surface area contributed by atoms with Crippen LogP contribution in [-0.4, -0.2) is 34.5 Å². The summed E-state index contributed by atoms with van der Waals surface area (Å²) in [6, 6.07) is 7.50. The maximum absolute atomic E-state index is 9.23. The first kappa shape index (κ1) is 13.3. The van der Waals surface area contributed by atoms with Gasteiger partial charge in [0.25, 0.3) is 0 Å². The predicted octanol–water partition coefficient (Wildman–Crippen LogP) is 2.23. The number of thiazole rings is 1. The molecule has 0 aliphatic carbocycles. The second kappa shape index (κ2) is 6.15. The van der Waals surface area contributed by atoms with Crippen LogP contribution in [0.5, 0.6) is 0 Å². The first-order valence-corrected chi connectivity index (χ1v) is 6.69. The lowest BCUT2D eigenvalue weighted by atomic mass is 10.2. The standard InChI is InChI=1S/C12H13ClN2O2S/c13-10-4-2-1-3-9(10)11-7-18-12(15-11)14-5-8(17)6-16/h1-4,7-8,16-17H,5-6H2,(H,14,15). The van der Waals surface area contributed by atoms with Crippen molar-refractivity contribution in [2.75, 3.05) is 18.5 Å². The normalized spacial score (nSPS) is 12.4. The van der Waals surface area contributed by atoms with E-state index in [1.54, 1.807) is 0 Å². The molecule has 1 aromatic carbocycles. The van der Waals surface area contributed by atoms with Gasteiger partial charge in [-0.05, 0) is 6.07 Å². The van der Waals surface area contributed by atoms with Gasteiger partial charge in [0.1, 0.15) is 0 Å². The lowest BCUT2D eigenvalue weighted by Gasteiger charge is -2.06. The molecule has 3 N–H and O–H groups in total. The molecule has 2 rings (SSSR count). The molecule has 96 valence electrons. The summed E-state index contributed by atoms with van der Waals surface area (Å²) in [5.74, 6) is 0. The van der Waals surface area contributed by atoms with E-state index in [2.05, 4.69) is 10.3 Å². The number of anilines is 1. The Labute approximate surface area is 114 Å². The molecule has 1 unspecified atom stereocenters. The lowest BCUT2D eigenvalue weighted by Crippen LogP contribution is -2.22. The number of aliphatic hydroxyl groups excluding tert-OH is 2. The molecule has 0 fully saturated rings. The van der Waals surface area contributed by atoms with E-state index in [9.17, 15) is 5.11 Å². The Morgan fingerprint density at radius 1 is 1.39 bits per heavy atom. The number of aliphatic hydroxyl groups is 2. The third-order valence-electron chi connectivity index (χ3n) is 2.35. The highest BCUT2D eigenvalue weighted by Gasteiger charge is 2.08. The van der Waals surface area contributed by atoms with Gasteiger partial charge < -0.3 is 15.5 Å². The average Bonchev–Trinajstić information content (AvgIpc) is 2.85. The molecule has 4 nitrogen and oxygen atoms in total. The molecule has 1 heterocycles. The van der Waals surface area contributed by atoms with Crippen molar-refractivity contribution in [1.29, 1.82) is 0 Å². The summed E-state index contributed by atoms with van der Waals surface area (Å²) in [5.41, 5.74) is 1.68. The smallest absolute Gasteiger partial charge is 0.183 e. The molecular formula is C12H13ClN2O2S. The molecule has 1 aromatic heterocycles. The highest BCUT2D eigenvalue weighted by molar-refractivity contribution is 7.14. The van der Waals surface area contributed by atoms with Crippen molar-refractivity contribution in [1.82, 2.24) is 4.98 Å². The lowest BCUT2D eigenvalue weighted by molar-refractivity contribution is 0.105. The van der Waals surface area contributed by atoms with E-state index in [-0.39, 0.29) is 13.2 Å². The van der Waals surface area contributed by atoms with E-state index in [0.29, 0.717) is 10.2 Å². The van der Waals surface area contributed by atoms with Gasteiger partial charge in [0.2, 0.25) is 0 Å². The summed E-state index contributed by atoms with van der Waals surface area (Å²) in [5, 5.41) is 24.1. The van der Waals surface area contributed by atoms with Crippen molar-refractivity contribution in [3.63, 3.8) is 0 Å². The van der Waals surface area contributed by atoms with Gasteiger partial charge in [-0.15, -0.1) is 11.3 Å². The molecular weight excluding hydrogens is 272 g/mol. The maximum Gasteiger partial charge on any atom is 0.183 e. The zero-order valence-corrected chi connectivity index (χ0v) is 11.1. The number of hydrogen-bond donors (Lipinski definition) is 3. The number of aromatic nitrogens is 1. The average molecular weight is 285 g/mol. The van der Waals surface area contributed by atoms with Crippen LogP contribution < -0.4 is 5.32 Å². The first-order chi connectivity index (χ1) is 8.70. The van der Waals surface area contributed by atoms with Crippen LogP contribution in [0.1, 0.15) is 0 Å². The molecule has 0 bridgehead atoms. The Hall–Kier alpha value is -1.14. The monoisotopic (exact) mass is 284 g/mol. The summed E-state index contributed by atoms with van der Waals surface area (Å²) in [6.07, 6.45) is -0.780. The Morgan fingerprint density at radius 3 is 2.89 bits per heavy atom. The minimum Gasteiger partial charge on any atom is -0.394 e. The van der Waals surface area contributed by atoms with Gasteiger partial charge in [0, 0.05) is 22.5 Å². The predicted molar refractivity (Wildman–Crippen MR) is 74.1 cm³/mol. The van der Waals surface area contributed by atoms with Crippen LogP contribution in [0.4, 0.5) is 5.13 Å². The van der Waals surface area contributed by atoms with Crippen LogP contribution in [0.15, 0.2) is 29.6 Å². The quantitative estimate of drug-likeness (QED) is 0.788. The largest absolute Gasteiger partial charge is 0.394 e. The topological polar surface area (TPSA) is 65.4 Å². The van der Waals surface area contributed by atoms with Crippen molar-refractivity contribution in [3.05, 3.63) is 34.7 Å². The summed E-state index contributed by atoms with van der Waals surface area (Å²) >= 11 is 7.52. The number of nitrogens with zero attached hydrogens (tertiary/aromatic N) is 1. The second-order valence-electron chi connectivity index (χ2n) is 3.74. The molecule has 0 spiro atoms. The van der Waals surface area contributed by atoms with Crippen molar-refractivity contribution in [3.8, 4) is 11.3 Å².